The summed E-state index contributed by atoms with van der Waals surface area (Å²) >= 11 is 0. The van der Waals surface area contributed by atoms with Gasteiger partial charge < -0.3 is 15.0 Å². The van der Waals surface area contributed by atoms with Gasteiger partial charge in [0.2, 0.25) is 0 Å². The molecule has 2 aromatic rings. The standard InChI is InChI=1S/C17H19F3N4O2/c1-26-16(17(18,19)20)7-11-23(12-8-16)15(25)22-13-3-5-14(6-4-13)24-10-2-9-21-24/h2-6,9-10H,7-8,11-12H2,1H3,(H,22,25). The monoisotopic (exact) mass is 368 g/mol. The minimum Gasteiger partial charge on any atom is -0.369 e. The maximum absolute atomic E-state index is 13.2. The Morgan fingerprint density at radius 3 is 2.38 bits per heavy atom. The van der Waals surface area contributed by atoms with Crippen molar-refractivity contribution in [3.8, 4) is 5.69 Å². The van der Waals surface area contributed by atoms with Gasteiger partial charge in [-0.2, -0.15) is 18.3 Å². The minimum atomic E-state index is -4.45. The highest BCUT2D eigenvalue weighted by atomic mass is 19.4. The smallest absolute Gasteiger partial charge is 0.369 e. The number of hydrogen-bond donors (Lipinski definition) is 1. The number of halogens is 3. The maximum atomic E-state index is 13.2. The third-order valence-electron chi connectivity index (χ3n) is 4.65. The van der Waals surface area contributed by atoms with Gasteiger partial charge in [-0.25, -0.2) is 9.48 Å². The van der Waals surface area contributed by atoms with Gasteiger partial charge in [-0.1, -0.05) is 0 Å². The molecule has 1 fully saturated rings. The fourth-order valence-electron chi connectivity index (χ4n) is 3.00. The number of carbonyl (C=O) groups is 1. The Morgan fingerprint density at radius 2 is 1.88 bits per heavy atom. The van der Waals surface area contributed by atoms with Crippen LogP contribution in [0.25, 0.3) is 5.69 Å². The molecule has 0 atom stereocenters. The van der Waals surface area contributed by atoms with Crippen LogP contribution in [0, 0.1) is 0 Å². The molecular weight excluding hydrogens is 349 g/mol. The minimum absolute atomic E-state index is 0.0233. The molecule has 1 aromatic carbocycles. The van der Waals surface area contributed by atoms with Crippen LogP contribution in [0.4, 0.5) is 23.7 Å². The van der Waals surface area contributed by atoms with Crippen LogP contribution < -0.4 is 5.32 Å². The number of hydrogen-bond acceptors (Lipinski definition) is 3. The number of piperidine rings is 1. The summed E-state index contributed by atoms with van der Waals surface area (Å²) in [6.07, 6.45) is -1.55. The predicted molar refractivity (Wildman–Crippen MR) is 89.2 cm³/mol. The molecule has 3 rings (SSSR count). The lowest BCUT2D eigenvalue weighted by Crippen LogP contribution is -2.56. The summed E-state index contributed by atoms with van der Waals surface area (Å²) in [6.45, 7) is -0.0465. The molecule has 0 saturated carbocycles. The second kappa shape index (κ2) is 6.99. The van der Waals surface area contributed by atoms with Crippen LogP contribution in [-0.4, -0.2) is 52.7 Å². The van der Waals surface area contributed by atoms with Crippen molar-refractivity contribution in [2.24, 2.45) is 0 Å². The highest BCUT2D eigenvalue weighted by Crippen LogP contribution is 2.41. The molecule has 2 amide bonds. The number of likely N-dealkylation sites (tertiary alicyclic amines) is 1. The van der Waals surface area contributed by atoms with Crippen LogP contribution in [0.1, 0.15) is 12.8 Å². The summed E-state index contributed by atoms with van der Waals surface area (Å²) in [4.78, 5) is 13.7. The van der Waals surface area contributed by atoms with Crippen molar-refractivity contribution in [3.63, 3.8) is 0 Å². The average molecular weight is 368 g/mol. The van der Waals surface area contributed by atoms with Crippen molar-refractivity contribution in [1.82, 2.24) is 14.7 Å². The number of ether oxygens (including phenoxy) is 1. The fraction of sp³-hybridized carbons (Fsp3) is 0.412. The molecule has 1 saturated heterocycles. The summed E-state index contributed by atoms with van der Waals surface area (Å²) in [5, 5.41) is 6.81. The van der Waals surface area contributed by atoms with Gasteiger partial charge >= 0.3 is 12.2 Å². The Balaban J connectivity index is 1.59. The van der Waals surface area contributed by atoms with Crippen LogP contribution in [0.3, 0.4) is 0 Å². The second-order valence-electron chi connectivity index (χ2n) is 6.11. The number of benzene rings is 1. The summed E-state index contributed by atoms with van der Waals surface area (Å²) in [5.41, 5.74) is -0.777. The van der Waals surface area contributed by atoms with E-state index in [9.17, 15) is 18.0 Å². The Labute approximate surface area is 148 Å². The van der Waals surface area contributed by atoms with Crippen molar-refractivity contribution in [2.45, 2.75) is 24.6 Å². The third-order valence-corrected chi connectivity index (χ3v) is 4.65. The van der Waals surface area contributed by atoms with E-state index in [1.54, 1.807) is 47.4 Å². The van der Waals surface area contributed by atoms with E-state index in [4.69, 9.17) is 4.74 Å². The van der Waals surface area contributed by atoms with E-state index in [0.29, 0.717) is 5.69 Å². The molecule has 26 heavy (non-hydrogen) atoms. The number of amides is 2. The summed E-state index contributed by atoms with van der Waals surface area (Å²) in [6, 6.07) is 8.38. The number of methoxy groups -OCH3 is 1. The maximum Gasteiger partial charge on any atom is 0.417 e. The Kier molecular flexibility index (Phi) is 4.90. The van der Waals surface area contributed by atoms with Gasteiger partial charge in [-0.3, -0.25) is 0 Å². The number of nitrogens with zero attached hydrogens (tertiary/aromatic N) is 3. The van der Waals surface area contributed by atoms with Gasteiger partial charge in [-0.05, 0) is 30.3 Å². The van der Waals surface area contributed by atoms with Gasteiger partial charge in [0.25, 0.3) is 0 Å². The van der Waals surface area contributed by atoms with Crippen LogP contribution in [-0.2, 0) is 4.74 Å². The molecule has 1 aliphatic rings. The zero-order valence-corrected chi connectivity index (χ0v) is 14.2. The topological polar surface area (TPSA) is 59.4 Å². The molecule has 0 spiro atoms. The second-order valence-corrected chi connectivity index (χ2v) is 6.11. The summed E-state index contributed by atoms with van der Waals surface area (Å²) in [7, 11) is 1.06. The Morgan fingerprint density at radius 1 is 1.23 bits per heavy atom. The van der Waals surface area contributed by atoms with Crippen LogP contribution in [0.15, 0.2) is 42.7 Å². The van der Waals surface area contributed by atoms with E-state index >= 15 is 0 Å². The van der Waals surface area contributed by atoms with Gasteiger partial charge in [0.15, 0.2) is 5.60 Å². The van der Waals surface area contributed by atoms with E-state index in [-0.39, 0.29) is 25.9 Å². The summed E-state index contributed by atoms with van der Waals surface area (Å²) < 4.78 is 45.9. The lowest BCUT2D eigenvalue weighted by atomic mass is 9.90. The number of rotatable bonds is 3. The van der Waals surface area contributed by atoms with Gasteiger partial charge in [0, 0.05) is 51.1 Å². The molecule has 2 heterocycles. The zero-order chi connectivity index (χ0) is 18.8. The molecule has 0 bridgehead atoms. The lowest BCUT2D eigenvalue weighted by Gasteiger charge is -2.41. The molecule has 1 aliphatic heterocycles. The number of aromatic nitrogens is 2. The van der Waals surface area contributed by atoms with E-state index in [2.05, 4.69) is 10.4 Å². The van der Waals surface area contributed by atoms with Crippen molar-refractivity contribution in [2.75, 3.05) is 25.5 Å². The number of alkyl halides is 3. The Hall–Kier alpha value is -2.55. The molecule has 1 N–H and O–H groups in total. The molecule has 9 heteroatoms. The quantitative estimate of drug-likeness (QED) is 0.903. The molecule has 6 nitrogen and oxygen atoms in total. The van der Waals surface area contributed by atoms with Gasteiger partial charge in [0.1, 0.15) is 0 Å². The van der Waals surface area contributed by atoms with E-state index in [1.165, 1.54) is 4.90 Å². The molecule has 140 valence electrons. The lowest BCUT2D eigenvalue weighted by molar-refractivity contribution is -0.280. The average Bonchev–Trinajstić information content (AvgIpc) is 3.16. The Bertz CT molecular complexity index is 736. The normalized spacial score (nSPS) is 17.2. The first kappa shape index (κ1) is 18.2. The molecular formula is C17H19F3N4O2. The number of nitrogens with one attached hydrogen (secondary N) is 1. The molecule has 1 aromatic heterocycles. The molecule has 0 radical (unpaired) electrons. The fourth-order valence-corrected chi connectivity index (χ4v) is 3.00. The van der Waals surface area contributed by atoms with Crippen molar-refractivity contribution >= 4 is 11.7 Å². The first-order valence-electron chi connectivity index (χ1n) is 8.12. The van der Waals surface area contributed by atoms with Crippen LogP contribution >= 0.6 is 0 Å². The number of urea groups is 1. The highest BCUT2D eigenvalue weighted by Gasteiger charge is 2.56. The SMILES string of the molecule is COC1(C(F)(F)F)CCN(C(=O)Nc2ccc(-n3cccn3)cc2)CC1. The van der Waals surface area contributed by atoms with E-state index < -0.39 is 17.8 Å². The van der Waals surface area contributed by atoms with Crippen molar-refractivity contribution in [3.05, 3.63) is 42.7 Å². The van der Waals surface area contributed by atoms with E-state index in [0.717, 1.165) is 12.8 Å². The largest absolute Gasteiger partial charge is 0.417 e. The van der Waals surface area contributed by atoms with Gasteiger partial charge in [-0.15, -0.1) is 0 Å². The number of carbonyl (C=O) groups excluding carboxylic acids is 1. The highest BCUT2D eigenvalue weighted by molar-refractivity contribution is 5.89. The van der Waals surface area contributed by atoms with E-state index in [1.807, 2.05) is 0 Å². The third kappa shape index (κ3) is 3.52. The summed E-state index contributed by atoms with van der Waals surface area (Å²) in [5.74, 6) is 0. The molecule has 0 aliphatic carbocycles. The predicted octanol–water partition coefficient (Wildman–Crippen LogP) is 3.45. The van der Waals surface area contributed by atoms with Crippen LogP contribution in [0.5, 0.6) is 0 Å². The van der Waals surface area contributed by atoms with Crippen molar-refractivity contribution < 1.29 is 22.7 Å². The van der Waals surface area contributed by atoms with Crippen LogP contribution in [0.2, 0.25) is 0 Å². The first-order valence-corrected chi connectivity index (χ1v) is 8.12. The zero-order valence-electron chi connectivity index (χ0n) is 14.2. The van der Waals surface area contributed by atoms with Crippen molar-refractivity contribution in [1.29, 1.82) is 0 Å². The number of anilines is 1. The van der Waals surface area contributed by atoms with Gasteiger partial charge in [0.05, 0.1) is 5.69 Å². The first-order chi connectivity index (χ1) is 12.3. The molecule has 0 unspecified atom stereocenters.